The molecule has 0 spiro atoms. The van der Waals surface area contributed by atoms with Gasteiger partial charge >= 0.3 is 0 Å². The minimum absolute atomic E-state index is 0.250. The zero-order chi connectivity index (χ0) is 13.0. The Labute approximate surface area is 110 Å². The summed E-state index contributed by atoms with van der Waals surface area (Å²) in [5.74, 6) is 0.250. The maximum absolute atomic E-state index is 12.2. The first-order chi connectivity index (χ1) is 8.58. The monoisotopic (exact) mass is 273 g/mol. The molecule has 0 aliphatic carbocycles. The summed E-state index contributed by atoms with van der Waals surface area (Å²) in [6.45, 7) is 7.75. The van der Waals surface area contributed by atoms with Crippen LogP contribution in [0.5, 0.6) is 0 Å². The van der Waals surface area contributed by atoms with Gasteiger partial charge in [-0.25, -0.2) is 8.42 Å². The Morgan fingerprint density at radius 2 is 2.00 bits per heavy atom. The molecule has 0 radical (unpaired) electrons. The average Bonchev–Trinajstić information content (AvgIpc) is 2.38. The van der Waals surface area contributed by atoms with Crippen molar-refractivity contribution in [3.63, 3.8) is 0 Å². The fourth-order valence-electron chi connectivity index (χ4n) is 2.31. The lowest BCUT2D eigenvalue weighted by molar-refractivity contribution is 0.252. The number of rotatable bonds is 4. The molecule has 1 N–H and O–H groups in total. The highest BCUT2D eigenvalue weighted by molar-refractivity contribution is 7.89. The number of nitrogens with one attached hydrogen (secondary N) is 1. The van der Waals surface area contributed by atoms with Gasteiger partial charge in [0.2, 0.25) is 10.0 Å². The number of hydrogen-bond donors (Lipinski definition) is 1. The predicted molar refractivity (Wildman–Crippen MR) is 73.0 cm³/mol. The van der Waals surface area contributed by atoms with Crippen LogP contribution < -0.4 is 5.32 Å². The van der Waals surface area contributed by atoms with E-state index in [9.17, 15) is 8.42 Å². The quantitative estimate of drug-likeness (QED) is 0.725. The Morgan fingerprint density at radius 1 is 1.28 bits per heavy atom. The van der Waals surface area contributed by atoms with Crippen molar-refractivity contribution in [1.82, 2.24) is 14.5 Å². The van der Waals surface area contributed by atoms with Crippen LogP contribution in [-0.2, 0) is 10.0 Å². The predicted octanol–water partition coefficient (Wildman–Crippen LogP) is -0.127. The number of sulfonamides is 1. The van der Waals surface area contributed by atoms with Crippen LogP contribution in [-0.4, -0.2) is 69.2 Å². The molecule has 0 bridgehead atoms. The smallest absolute Gasteiger partial charge is 0.215 e. The molecular weight excluding hydrogens is 250 g/mol. The Kier molecular flexibility index (Phi) is 4.77. The first-order valence-corrected chi connectivity index (χ1v) is 8.25. The van der Waals surface area contributed by atoms with Crippen molar-refractivity contribution in [2.45, 2.75) is 13.3 Å². The van der Waals surface area contributed by atoms with Crippen LogP contribution in [0.2, 0.25) is 0 Å². The van der Waals surface area contributed by atoms with Crippen LogP contribution in [0.1, 0.15) is 13.3 Å². The fourth-order valence-corrected chi connectivity index (χ4v) is 3.73. The van der Waals surface area contributed by atoms with E-state index in [0.717, 1.165) is 32.6 Å². The zero-order valence-corrected chi connectivity index (χ0v) is 11.9. The average molecular weight is 273 g/mol. The van der Waals surface area contributed by atoms with Crippen molar-refractivity contribution >= 4 is 10.0 Å². The molecule has 1 fully saturated rings. The molecule has 2 aliphatic heterocycles. The molecule has 0 aromatic rings. The van der Waals surface area contributed by atoms with Crippen molar-refractivity contribution in [2.75, 3.05) is 51.6 Å². The van der Waals surface area contributed by atoms with Crippen molar-refractivity contribution in [1.29, 1.82) is 0 Å². The molecule has 0 atom stereocenters. The third-order valence-corrected chi connectivity index (χ3v) is 5.48. The van der Waals surface area contributed by atoms with Gasteiger partial charge in [-0.15, -0.1) is 0 Å². The summed E-state index contributed by atoms with van der Waals surface area (Å²) in [7, 11) is -3.08. The molecule has 5 nitrogen and oxygen atoms in total. The second-order valence-electron chi connectivity index (χ2n) is 5.07. The van der Waals surface area contributed by atoms with Crippen molar-refractivity contribution < 1.29 is 8.42 Å². The van der Waals surface area contributed by atoms with Crippen LogP contribution >= 0.6 is 0 Å². The minimum Gasteiger partial charge on any atom is -0.314 e. The lowest BCUT2D eigenvalue weighted by atomic mass is 10.1. The maximum atomic E-state index is 12.2. The molecule has 2 rings (SSSR count). The van der Waals surface area contributed by atoms with E-state index >= 15 is 0 Å². The zero-order valence-electron chi connectivity index (χ0n) is 11.1. The van der Waals surface area contributed by atoms with Gasteiger partial charge in [-0.3, -0.25) is 4.90 Å². The van der Waals surface area contributed by atoms with E-state index in [1.807, 2.05) is 6.08 Å². The molecular formula is C12H23N3O2S. The second-order valence-corrected chi connectivity index (χ2v) is 7.15. The van der Waals surface area contributed by atoms with Crippen molar-refractivity contribution in [2.24, 2.45) is 0 Å². The molecule has 0 saturated carbocycles. The van der Waals surface area contributed by atoms with Gasteiger partial charge in [0, 0.05) is 45.8 Å². The van der Waals surface area contributed by atoms with E-state index in [1.54, 1.807) is 4.31 Å². The highest BCUT2D eigenvalue weighted by Gasteiger charge is 2.24. The van der Waals surface area contributed by atoms with E-state index in [-0.39, 0.29) is 5.75 Å². The van der Waals surface area contributed by atoms with Gasteiger partial charge in [-0.1, -0.05) is 11.6 Å². The summed E-state index contributed by atoms with van der Waals surface area (Å²) in [6, 6.07) is 0. The minimum atomic E-state index is -3.08. The molecule has 2 aliphatic rings. The summed E-state index contributed by atoms with van der Waals surface area (Å²) in [6.07, 6.45) is 2.89. The normalized spacial score (nSPS) is 23.9. The van der Waals surface area contributed by atoms with E-state index in [4.69, 9.17) is 0 Å². The van der Waals surface area contributed by atoms with Crippen LogP contribution in [0.15, 0.2) is 11.6 Å². The third-order valence-electron chi connectivity index (χ3n) is 3.67. The molecule has 104 valence electrons. The molecule has 18 heavy (non-hydrogen) atoms. The van der Waals surface area contributed by atoms with Crippen molar-refractivity contribution in [3.05, 3.63) is 11.6 Å². The maximum Gasteiger partial charge on any atom is 0.215 e. The van der Waals surface area contributed by atoms with Gasteiger partial charge in [-0.05, 0) is 13.3 Å². The topological polar surface area (TPSA) is 52.7 Å². The first-order valence-electron chi connectivity index (χ1n) is 6.64. The first kappa shape index (κ1) is 14.0. The van der Waals surface area contributed by atoms with Crippen LogP contribution in [0.3, 0.4) is 0 Å². The Bertz CT molecular complexity index is 400. The van der Waals surface area contributed by atoms with E-state index < -0.39 is 10.0 Å². The highest BCUT2D eigenvalue weighted by Crippen LogP contribution is 2.13. The third kappa shape index (κ3) is 3.78. The molecule has 6 heteroatoms. The van der Waals surface area contributed by atoms with Crippen LogP contribution in [0.4, 0.5) is 0 Å². The molecule has 1 saturated heterocycles. The summed E-state index contributed by atoms with van der Waals surface area (Å²) in [5.41, 5.74) is 1.29. The van der Waals surface area contributed by atoms with Gasteiger partial charge in [0.1, 0.15) is 0 Å². The standard InChI is InChI=1S/C12H23N3O2S/c1-12-2-6-15(7-3-12)18(16,17)11-10-14-8-4-13-5-9-14/h2,13H,3-11H2,1H3. The summed E-state index contributed by atoms with van der Waals surface area (Å²) in [4.78, 5) is 2.22. The molecule has 0 amide bonds. The second kappa shape index (κ2) is 6.14. The summed E-state index contributed by atoms with van der Waals surface area (Å²) >= 11 is 0. The molecule has 2 heterocycles. The van der Waals surface area contributed by atoms with E-state index in [0.29, 0.717) is 19.6 Å². The van der Waals surface area contributed by atoms with Gasteiger partial charge in [0.25, 0.3) is 0 Å². The molecule has 0 aromatic carbocycles. The highest BCUT2D eigenvalue weighted by atomic mass is 32.2. The Morgan fingerprint density at radius 3 is 2.61 bits per heavy atom. The van der Waals surface area contributed by atoms with E-state index in [1.165, 1.54) is 5.57 Å². The largest absolute Gasteiger partial charge is 0.314 e. The van der Waals surface area contributed by atoms with Crippen molar-refractivity contribution in [3.8, 4) is 0 Å². The van der Waals surface area contributed by atoms with E-state index in [2.05, 4.69) is 17.1 Å². The van der Waals surface area contributed by atoms with Gasteiger partial charge in [-0.2, -0.15) is 4.31 Å². The summed E-state index contributed by atoms with van der Waals surface area (Å²) < 4.78 is 26.0. The summed E-state index contributed by atoms with van der Waals surface area (Å²) in [5, 5.41) is 3.27. The Balaban J connectivity index is 1.83. The number of piperazine rings is 1. The lowest BCUT2D eigenvalue weighted by Gasteiger charge is -2.29. The SMILES string of the molecule is CC1=CCN(S(=O)(=O)CCN2CCNCC2)CC1. The molecule has 0 unspecified atom stereocenters. The van der Waals surface area contributed by atoms with Crippen LogP contribution in [0.25, 0.3) is 0 Å². The van der Waals surface area contributed by atoms with Crippen LogP contribution in [0, 0.1) is 0 Å². The fraction of sp³-hybridized carbons (Fsp3) is 0.833. The van der Waals surface area contributed by atoms with Gasteiger partial charge in [0.05, 0.1) is 5.75 Å². The van der Waals surface area contributed by atoms with Gasteiger partial charge in [0.15, 0.2) is 0 Å². The number of nitrogens with zero attached hydrogens (tertiary/aromatic N) is 2. The molecule has 0 aromatic heterocycles. The Hall–Kier alpha value is -0.430. The van der Waals surface area contributed by atoms with Gasteiger partial charge < -0.3 is 5.32 Å². The lowest BCUT2D eigenvalue weighted by Crippen LogP contribution is -2.46. The number of hydrogen-bond acceptors (Lipinski definition) is 4.